The first-order chi connectivity index (χ1) is 9.65. The molecule has 7 nitrogen and oxygen atoms in total. The number of piperidine rings is 1. The van der Waals surface area contributed by atoms with Crippen molar-refractivity contribution in [1.29, 1.82) is 0 Å². The Labute approximate surface area is 120 Å². The fourth-order valence-electron chi connectivity index (χ4n) is 2.21. The van der Waals surface area contributed by atoms with Gasteiger partial charge in [0.05, 0.1) is 6.61 Å². The Bertz CT molecular complexity index is 419. The highest BCUT2D eigenvalue weighted by Gasteiger charge is 2.15. The number of nitrogen functional groups attached to an aromatic ring is 1. The van der Waals surface area contributed by atoms with Crippen molar-refractivity contribution in [3.05, 3.63) is 0 Å². The van der Waals surface area contributed by atoms with Gasteiger partial charge in [0.2, 0.25) is 11.9 Å². The molecule has 1 aliphatic rings. The van der Waals surface area contributed by atoms with Crippen LogP contribution in [0.1, 0.15) is 25.7 Å². The number of hydrogen-bond acceptors (Lipinski definition) is 7. The Morgan fingerprint density at radius 1 is 1.15 bits per heavy atom. The third-order valence-electron chi connectivity index (χ3n) is 3.24. The summed E-state index contributed by atoms with van der Waals surface area (Å²) in [4.78, 5) is 16.9. The Balaban J connectivity index is 1.93. The van der Waals surface area contributed by atoms with Gasteiger partial charge in [-0.1, -0.05) is 0 Å². The maximum atomic E-state index is 5.74. The Kier molecular flexibility index (Phi) is 5.34. The summed E-state index contributed by atoms with van der Waals surface area (Å²) in [5, 5.41) is 0. The molecule has 20 heavy (non-hydrogen) atoms. The minimum absolute atomic E-state index is 0.225. The minimum atomic E-state index is 0.225. The molecule has 112 valence electrons. The maximum Gasteiger partial charge on any atom is 0.323 e. The second-order valence-corrected chi connectivity index (χ2v) is 5.33. The molecule has 0 amide bonds. The van der Waals surface area contributed by atoms with E-state index in [9.17, 15) is 0 Å². The minimum Gasteiger partial charge on any atom is -0.463 e. The van der Waals surface area contributed by atoms with Crippen LogP contribution in [0.2, 0.25) is 0 Å². The summed E-state index contributed by atoms with van der Waals surface area (Å²) in [7, 11) is 4.07. The standard InChI is InChI=1S/C13H24N6O/c1-18(2)7-6-10-20-13-16-11(14)15-12(17-13)19-8-4-3-5-9-19/h3-10H2,1-2H3,(H2,14,15,16,17). The monoisotopic (exact) mass is 280 g/mol. The zero-order valence-electron chi connectivity index (χ0n) is 12.4. The SMILES string of the molecule is CN(C)CCCOc1nc(N)nc(N2CCCCC2)n1. The summed E-state index contributed by atoms with van der Waals surface area (Å²) in [6, 6.07) is 0.330. The van der Waals surface area contributed by atoms with Crippen molar-refractivity contribution in [2.24, 2.45) is 0 Å². The first kappa shape index (κ1) is 14.8. The smallest absolute Gasteiger partial charge is 0.323 e. The van der Waals surface area contributed by atoms with Crippen LogP contribution in [0, 0.1) is 0 Å². The number of anilines is 2. The Morgan fingerprint density at radius 3 is 2.60 bits per heavy atom. The first-order valence-electron chi connectivity index (χ1n) is 7.19. The summed E-state index contributed by atoms with van der Waals surface area (Å²) in [5.41, 5.74) is 5.74. The zero-order valence-corrected chi connectivity index (χ0v) is 12.4. The van der Waals surface area contributed by atoms with Crippen molar-refractivity contribution < 1.29 is 4.74 Å². The molecule has 0 unspecified atom stereocenters. The lowest BCUT2D eigenvalue weighted by Crippen LogP contribution is -2.31. The molecular formula is C13H24N6O. The molecule has 0 aliphatic carbocycles. The summed E-state index contributed by atoms with van der Waals surface area (Å²) >= 11 is 0. The van der Waals surface area contributed by atoms with E-state index in [1.165, 1.54) is 19.3 Å². The van der Waals surface area contributed by atoms with Crippen LogP contribution in [0.3, 0.4) is 0 Å². The summed E-state index contributed by atoms with van der Waals surface area (Å²) in [6.07, 6.45) is 4.54. The molecule has 1 aromatic heterocycles. The zero-order chi connectivity index (χ0) is 14.4. The molecule has 0 aromatic carbocycles. The van der Waals surface area contributed by atoms with Crippen LogP contribution in [0.15, 0.2) is 0 Å². The fourth-order valence-corrected chi connectivity index (χ4v) is 2.21. The molecule has 1 aliphatic heterocycles. The molecular weight excluding hydrogens is 256 g/mol. The van der Waals surface area contributed by atoms with Gasteiger partial charge in [-0.05, 0) is 39.8 Å². The average molecular weight is 280 g/mol. The largest absolute Gasteiger partial charge is 0.463 e. The van der Waals surface area contributed by atoms with Crippen molar-refractivity contribution in [2.75, 3.05) is 51.0 Å². The number of nitrogens with two attached hydrogens (primary N) is 1. The molecule has 0 radical (unpaired) electrons. The van der Waals surface area contributed by atoms with Crippen molar-refractivity contribution >= 4 is 11.9 Å². The van der Waals surface area contributed by atoms with Crippen LogP contribution in [0.5, 0.6) is 6.01 Å². The van der Waals surface area contributed by atoms with Gasteiger partial charge >= 0.3 is 6.01 Å². The number of ether oxygens (including phenoxy) is 1. The first-order valence-corrected chi connectivity index (χ1v) is 7.19. The van der Waals surface area contributed by atoms with Gasteiger partial charge in [-0.2, -0.15) is 15.0 Å². The number of aromatic nitrogens is 3. The molecule has 2 N–H and O–H groups in total. The van der Waals surface area contributed by atoms with Gasteiger partial charge in [0, 0.05) is 19.6 Å². The third-order valence-corrected chi connectivity index (χ3v) is 3.24. The molecule has 1 saturated heterocycles. The van der Waals surface area contributed by atoms with Crippen molar-refractivity contribution in [3.8, 4) is 6.01 Å². The van der Waals surface area contributed by atoms with E-state index in [0.717, 1.165) is 26.1 Å². The lowest BCUT2D eigenvalue weighted by atomic mass is 10.1. The van der Waals surface area contributed by atoms with Gasteiger partial charge in [0.25, 0.3) is 0 Å². The van der Waals surface area contributed by atoms with Gasteiger partial charge in [0.15, 0.2) is 0 Å². The van der Waals surface area contributed by atoms with Gasteiger partial charge in [0.1, 0.15) is 0 Å². The molecule has 7 heteroatoms. The summed E-state index contributed by atoms with van der Waals surface area (Å²) in [5.74, 6) is 0.864. The van der Waals surface area contributed by atoms with E-state index in [0.29, 0.717) is 18.6 Å². The normalized spacial score (nSPS) is 15.7. The number of hydrogen-bond donors (Lipinski definition) is 1. The van der Waals surface area contributed by atoms with Crippen LogP contribution >= 0.6 is 0 Å². The predicted octanol–water partition coefficient (Wildman–Crippen LogP) is 0.775. The number of rotatable bonds is 6. The van der Waals surface area contributed by atoms with E-state index < -0.39 is 0 Å². The predicted molar refractivity (Wildman–Crippen MR) is 79.0 cm³/mol. The van der Waals surface area contributed by atoms with Crippen molar-refractivity contribution in [2.45, 2.75) is 25.7 Å². The van der Waals surface area contributed by atoms with E-state index in [1.807, 2.05) is 14.1 Å². The third kappa shape index (κ3) is 4.48. The van der Waals surface area contributed by atoms with E-state index in [-0.39, 0.29) is 5.95 Å². The molecule has 1 fully saturated rings. The highest BCUT2D eigenvalue weighted by atomic mass is 16.5. The average Bonchev–Trinajstić information content (AvgIpc) is 2.44. The molecule has 0 spiro atoms. The molecule has 1 aromatic rings. The van der Waals surface area contributed by atoms with E-state index in [4.69, 9.17) is 10.5 Å². The maximum absolute atomic E-state index is 5.74. The number of nitrogens with zero attached hydrogens (tertiary/aromatic N) is 5. The molecule has 0 saturated carbocycles. The second-order valence-electron chi connectivity index (χ2n) is 5.33. The highest BCUT2D eigenvalue weighted by molar-refractivity contribution is 5.36. The van der Waals surface area contributed by atoms with Crippen LogP contribution in [-0.2, 0) is 0 Å². The molecule has 0 atom stereocenters. The summed E-state index contributed by atoms with van der Waals surface area (Å²) in [6.45, 7) is 3.51. The van der Waals surface area contributed by atoms with E-state index in [2.05, 4.69) is 24.8 Å². The summed E-state index contributed by atoms with van der Waals surface area (Å²) < 4.78 is 5.57. The lowest BCUT2D eigenvalue weighted by molar-refractivity contribution is 0.263. The van der Waals surface area contributed by atoms with Gasteiger partial charge in [-0.15, -0.1) is 0 Å². The van der Waals surface area contributed by atoms with Crippen molar-refractivity contribution in [3.63, 3.8) is 0 Å². The lowest BCUT2D eigenvalue weighted by Gasteiger charge is -2.26. The molecule has 0 bridgehead atoms. The van der Waals surface area contributed by atoms with E-state index in [1.54, 1.807) is 0 Å². The topological polar surface area (TPSA) is 80.4 Å². The van der Waals surface area contributed by atoms with Crippen LogP contribution in [-0.4, -0.2) is 60.2 Å². The van der Waals surface area contributed by atoms with Gasteiger partial charge in [-0.25, -0.2) is 0 Å². The molecule has 2 rings (SSSR count). The second kappa shape index (κ2) is 7.23. The molecule has 2 heterocycles. The highest BCUT2D eigenvalue weighted by Crippen LogP contribution is 2.18. The van der Waals surface area contributed by atoms with Gasteiger partial charge in [-0.3, -0.25) is 0 Å². The fraction of sp³-hybridized carbons (Fsp3) is 0.769. The van der Waals surface area contributed by atoms with E-state index >= 15 is 0 Å². The van der Waals surface area contributed by atoms with Crippen molar-refractivity contribution in [1.82, 2.24) is 19.9 Å². The van der Waals surface area contributed by atoms with Crippen LogP contribution in [0.25, 0.3) is 0 Å². The Morgan fingerprint density at radius 2 is 1.90 bits per heavy atom. The Hall–Kier alpha value is -1.63. The quantitative estimate of drug-likeness (QED) is 0.771. The van der Waals surface area contributed by atoms with Gasteiger partial charge < -0.3 is 20.3 Å². The van der Waals surface area contributed by atoms with Crippen LogP contribution < -0.4 is 15.4 Å². The van der Waals surface area contributed by atoms with Crippen LogP contribution in [0.4, 0.5) is 11.9 Å².